The van der Waals surface area contributed by atoms with Crippen LogP contribution in [0.15, 0.2) is 0 Å². The SMILES string of the molecule is CNCCC(C)CCCCCC1CCN(C2CC3CC4(C)CC(C2)N34)CCN1. The number of nitrogens with zero attached hydrogens (tertiary/aromatic N) is 2. The Morgan fingerprint density at radius 3 is 2.54 bits per heavy atom. The molecule has 4 heteroatoms. The summed E-state index contributed by atoms with van der Waals surface area (Å²) in [6.45, 7) is 9.89. The minimum atomic E-state index is 0.621. The molecule has 4 nitrogen and oxygen atoms in total. The van der Waals surface area contributed by atoms with Gasteiger partial charge in [0.1, 0.15) is 0 Å². The summed E-state index contributed by atoms with van der Waals surface area (Å²) < 4.78 is 0. The van der Waals surface area contributed by atoms with Crippen LogP contribution in [-0.4, -0.2) is 72.7 Å². The lowest BCUT2D eigenvalue weighted by Crippen LogP contribution is -2.80. The van der Waals surface area contributed by atoms with Crippen LogP contribution in [-0.2, 0) is 0 Å². The molecule has 0 bridgehead atoms. The first-order chi connectivity index (χ1) is 13.6. The predicted octanol–water partition coefficient (Wildman–Crippen LogP) is 3.61. The van der Waals surface area contributed by atoms with Gasteiger partial charge in [-0.2, -0.15) is 0 Å². The second-order valence-electron chi connectivity index (χ2n) is 10.9. The van der Waals surface area contributed by atoms with Gasteiger partial charge in [-0.05, 0) is 77.9 Å². The molecule has 4 aliphatic heterocycles. The number of hydrogen-bond acceptors (Lipinski definition) is 4. The van der Waals surface area contributed by atoms with E-state index in [1.54, 1.807) is 0 Å². The molecular weight excluding hydrogens is 344 g/mol. The molecule has 0 aromatic heterocycles. The first-order valence-electron chi connectivity index (χ1n) is 12.5. The molecule has 2 N–H and O–H groups in total. The van der Waals surface area contributed by atoms with Crippen LogP contribution in [0.2, 0.25) is 0 Å². The van der Waals surface area contributed by atoms with Crippen molar-refractivity contribution in [2.45, 2.75) is 114 Å². The first kappa shape index (κ1) is 21.1. The van der Waals surface area contributed by atoms with Crippen LogP contribution in [0.1, 0.15) is 84.5 Å². The Morgan fingerprint density at radius 1 is 1.04 bits per heavy atom. The monoisotopic (exact) mass is 390 g/mol. The Morgan fingerprint density at radius 2 is 1.82 bits per heavy atom. The van der Waals surface area contributed by atoms with E-state index in [-0.39, 0.29) is 0 Å². The fourth-order valence-electron chi connectivity index (χ4n) is 7.03. The zero-order valence-electron chi connectivity index (χ0n) is 18.9. The first-order valence-corrected chi connectivity index (χ1v) is 12.5. The molecule has 0 amide bonds. The second-order valence-corrected chi connectivity index (χ2v) is 10.9. The lowest BCUT2D eigenvalue weighted by atomic mass is 9.60. The Kier molecular flexibility index (Phi) is 7.02. The molecule has 4 saturated heterocycles. The van der Waals surface area contributed by atoms with Crippen LogP contribution in [0, 0.1) is 5.92 Å². The van der Waals surface area contributed by atoms with Gasteiger partial charge in [-0.25, -0.2) is 0 Å². The summed E-state index contributed by atoms with van der Waals surface area (Å²) in [5, 5.41) is 7.15. The van der Waals surface area contributed by atoms with Crippen LogP contribution in [0.5, 0.6) is 0 Å². The number of piperidine rings is 2. The maximum atomic E-state index is 3.88. The topological polar surface area (TPSA) is 30.5 Å². The van der Waals surface area contributed by atoms with Crippen molar-refractivity contribution in [3.05, 3.63) is 0 Å². The van der Waals surface area contributed by atoms with E-state index in [0.717, 1.165) is 30.1 Å². The van der Waals surface area contributed by atoms with Crippen LogP contribution in [0.25, 0.3) is 0 Å². The molecule has 0 saturated carbocycles. The van der Waals surface area contributed by atoms with E-state index in [2.05, 4.69) is 41.3 Å². The molecule has 28 heavy (non-hydrogen) atoms. The minimum Gasteiger partial charge on any atom is -0.320 e. The van der Waals surface area contributed by atoms with E-state index in [1.807, 2.05) is 0 Å². The normalized spacial score (nSPS) is 39.5. The second kappa shape index (κ2) is 9.32. The van der Waals surface area contributed by atoms with Gasteiger partial charge in [-0.3, -0.25) is 9.80 Å². The van der Waals surface area contributed by atoms with Crippen LogP contribution >= 0.6 is 0 Å². The van der Waals surface area contributed by atoms with Crippen molar-refractivity contribution in [3.8, 4) is 0 Å². The largest absolute Gasteiger partial charge is 0.320 e. The molecule has 162 valence electrons. The summed E-state index contributed by atoms with van der Waals surface area (Å²) in [5.74, 6) is 0.882. The van der Waals surface area contributed by atoms with Crippen LogP contribution in [0.4, 0.5) is 0 Å². The van der Waals surface area contributed by atoms with E-state index in [4.69, 9.17) is 0 Å². The molecule has 0 aromatic carbocycles. The Balaban J connectivity index is 1.10. The van der Waals surface area contributed by atoms with Crippen molar-refractivity contribution in [1.29, 1.82) is 0 Å². The van der Waals surface area contributed by atoms with Gasteiger partial charge in [0.2, 0.25) is 0 Å². The average Bonchev–Trinajstić information content (AvgIpc) is 2.89. The molecule has 4 rings (SSSR count). The number of unbranched alkanes of at least 4 members (excludes halogenated alkanes) is 2. The van der Waals surface area contributed by atoms with Crippen molar-refractivity contribution in [2.75, 3.05) is 33.2 Å². The van der Waals surface area contributed by atoms with Gasteiger partial charge in [0.25, 0.3) is 0 Å². The van der Waals surface area contributed by atoms with Crippen LogP contribution < -0.4 is 10.6 Å². The summed E-state index contributed by atoms with van der Waals surface area (Å²) in [6.07, 6.45) is 15.6. The zero-order valence-corrected chi connectivity index (χ0v) is 18.9. The quantitative estimate of drug-likeness (QED) is 0.558. The van der Waals surface area contributed by atoms with E-state index < -0.39 is 0 Å². The number of nitrogens with one attached hydrogen (secondary N) is 2. The number of hydrogen-bond donors (Lipinski definition) is 2. The van der Waals surface area contributed by atoms with E-state index in [0.29, 0.717) is 5.54 Å². The fourth-order valence-corrected chi connectivity index (χ4v) is 7.03. The summed E-state index contributed by atoms with van der Waals surface area (Å²) in [7, 11) is 2.06. The van der Waals surface area contributed by atoms with E-state index in [1.165, 1.54) is 96.8 Å². The molecule has 0 aromatic rings. The fraction of sp³-hybridized carbons (Fsp3) is 1.00. The van der Waals surface area contributed by atoms with Crippen LogP contribution in [0.3, 0.4) is 0 Å². The van der Waals surface area contributed by atoms with Gasteiger partial charge in [0, 0.05) is 42.8 Å². The van der Waals surface area contributed by atoms with Crippen molar-refractivity contribution in [2.24, 2.45) is 5.92 Å². The standard InChI is InChI=1S/C24H46N4/c1-19(9-11-25-3)7-5-4-6-8-20-10-13-27(14-12-26-20)21-15-22-17-24(2)18-23(16-21)28(22)24/h19-23,25-26H,4-18H2,1-3H3. The van der Waals surface area contributed by atoms with E-state index in [9.17, 15) is 0 Å². The zero-order chi connectivity index (χ0) is 19.6. The van der Waals surface area contributed by atoms with Gasteiger partial charge in [0.15, 0.2) is 0 Å². The third-order valence-corrected chi connectivity index (χ3v) is 8.60. The summed E-state index contributed by atoms with van der Waals surface area (Å²) in [6, 6.07) is 3.48. The summed E-state index contributed by atoms with van der Waals surface area (Å²) in [5.41, 5.74) is 0.621. The van der Waals surface area contributed by atoms with Crippen molar-refractivity contribution in [3.63, 3.8) is 0 Å². The van der Waals surface area contributed by atoms with Crippen molar-refractivity contribution < 1.29 is 0 Å². The molecular formula is C24H46N4. The molecule has 4 heterocycles. The lowest BCUT2D eigenvalue weighted by molar-refractivity contribution is -0.220. The third-order valence-electron chi connectivity index (χ3n) is 8.60. The Labute approximate surface area is 174 Å². The molecule has 0 aliphatic carbocycles. The highest BCUT2D eigenvalue weighted by atomic mass is 15.4. The van der Waals surface area contributed by atoms with Gasteiger partial charge >= 0.3 is 0 Å². The molecule has 4 atom stereocenters. The predicted molar refractivity (Wildman–Crippen MR) is 119 cm³/mol. The molecule has 4 fully saturated rings. The maximum Gasteiger partial charge on any atom is 0.0217 e. The minimum absolute atomic E-state index is 0.621. The smallest absolute Gasteiger partial charge is 0.0217 e. The average molecular weight is 391 g/mol. The molecule has 4 aliphatic rings. The molecule has 4 unspecified atom stereocenters. The highest BCUT2D eigenvalue weighted by Crippen LogP contribution is 2.56. The van der Waals surface area contributed by atoms with Gasteiger partial charge < -0.3 is 10.6 Å². The highest BCUT2D eigenvalue weighted by molar-refractivity contribution is 5.19. The Bertz CT molecular complexity index is 479. The van der Waals surface area contributed by atoms with Gasteiger partial charge in [0.05, 0.1) is 0 Å². The lowest BCUT2D eigenvalue weighted by Gasteiger charge is -2.73. The summed E-state index contributed by atoms with van der Waals surface area (Å²) in [4.78, 5) is 5.73. The van der Waals surface area contributed by atoms with Gasteiger partial charge in [-0.1, -0.05) is 32.6 Å². The van der Waals surface area contributed by atoms with Crippen molar-refractivity contribution in [1.82, 2.24) is 20.4 Å². The van der Waals surface area contributed by atoms with E-state index >= 15 is 0 Å². The summed E-state index contributed by atoms with van der Waals surface area (Å²) >= 11 is 0. The van der Waals surface area contributed by atoms with Gasteiger partial charge in [-0.15, -0.1) is 0 Å². The number of rotatable bonds is 10. The highest BCUT2D eigenvalue weighted by Gasteiger charge is 2.62. The molecule has 0 radical (unpaired) electrons. The molecule has 0 spiro atoms. The maximum absolute atomic E-state index is 3.88. The third kappa shape index (κ3) is 4.61. The van der Waals surface area contributed by atoms with Crippen molar-refractivity contribution >= 4 is 0 Å². The Hall–Kier alpha value is -0.160.